The zero-order valence-electron chi connectivity index (χ0n) is 73.0. The zero-order chi connectivity index (χ0) is 83.6. The van der Waals surface area contributed by atoms with Gasteiger partial charge in [-0.05, 0) is 211 Å². The largest absolute Gasteiger partial charge is 0.311 e. The number of fused-ring (bicyclic) bond motifs is 10. The van der Waals surface area contributed by atoms with E-state index in [0.29, 0.717) is 5.69 Å². The summed E-state index contributed by atoms with van der Waals surface area (Å²) in [5, 5.41) is 0.00731. The number of aromatic nitrogens is 1. The first-order valence-electron chi connectivity index (χ1n) is 43.4. The van der Waals surface area contributed by atoms with Gasteiger partial charge >= 0.3 is 0 Å². The van der Waals surface area contributed by atoms with Gasteiger partial charge in [-0.25, -0.2) is 0 Å². The molecule has 1 aliphatic carbocycles. The normalized spacial score (nSPS) is 14.4. The molecule has 16 aromatic carbocycles. The van der Waals surface area contributed by atoms with E-state index in [1.807, 2.05) is 6.07 Å². The van der Waals surface area contributed by atoms with Crippen molar-refractivity contribution in [2.45, 2.75) is 84.0 Å². The Morgan fingerprint density at radius 2 is 0.752 bits per heavy atom. The van der Waals surface area contributed by atoms with Crippen LogP contribution < -0.4 is 26.2 Å². The van der Waals surface area contributed by atoms with Crippen LogP contribution in [0.5, 0.6) is 0 Å². The van der Waals surface area contributed by atoms with Gasteiger partial charge in [0.15, 0.2) is 0 Å². The minimum Gasteiger partial charge on any atom is -0.311 e. The molecule has 4 heteroatoms. The Hall–Kier alpha value is -13.0. The highest BCUT2D eigenvalue weighted by molar-refractivity contribution is 7.00. The quantitative estimate of drug-likeness (QED) is 0.120. The predicted molar refractivity (Wildman–Crippen MR) is 481 cm³/mol. The summed E-state index contributed by atoms with van der Waals surface area (Å²) in [5.74, 6) is 0. The first-order valence-corrected chi connectivity index (χ1v) is 39.4. The molecular formula is C109H88BN3. The summed E-state index contributed by atoms with van der Waals surface area (Å²) in [6.45, 7) is 20.0. The molecule has 0 unspecified atom stereocenters. The van der Waals surface area contributed by atoms with E-state index in [4.69, 9.17) is 0 Å². The second-order valence-electron chi connectivity index (χ2n) is 33.8. The number of rotatable bonds is 11. The number of hydrogen-bond donors (Lipinski definition) is 0. The third-order valence-corrected chi connectivity index (χ3v) is 23.9. The number of nitrogens with zero attached hydrogens (tertiary/aromatic N) is 3. The standard InChI is InChI=1S/C109H88BN3/c1-106(2,3)82-60-78(61-83(67-82)107(4,5)6)75-55-58-99-96(64-75)110-95-57-56-85(111-97-53-32-29-47-88(97)89-48-30-33-54-98(89)111)70-100(95)113(105-91(73-39-20-12-21-40-73)68-84(108(7,8)9)69-92(105)74-41-22-13-23-42-74)102-66-79(65-101(104(102)110)112(99)86-62-76(71-35-16-10-17-36-71)59-77(63-86)72-37-18-11-19-38-72)87-50-34-52-94-103(87)90-49-28-31-51-93(90)109(94,80-43-24-14-25-44-80)81-45-26-15-27-46-81/h10-70H,1-9H3/i29D,30D,32D,33D,47D,48D,53D,54D. The van der Waals surface area contributed by atoms with E-state index in [2.05, 4.69) is 388 Å². The van der Waals surface area contributed by atoms with Crippen LogP contribution in [0.25, 0.3) is 105 Å². The molecule has 0 atom stereocenters. The van der Waals surface area contributed by atoms with Crippen molar-refractivity contribution in [1.29, 1.82) is 0 Å². The number of para-hydroxylation sites is 2. The van der Waals surface area contributed by atoms with Crippen molar-refractivity contribution in [1.82, 2.24) is 4.57 Å². The van der Waals surface area contributed by atoms with E-state index >= 15 is 0 Å². The number of benzene rings is 16. The molecule has 0 spiro atoms. The molecular weight excluding hydrogens is 1360 g/mol. The SMILES string of the molecule is [2H]c1c([2H])c([2H])c2c(c1[2H])c1c([2H])c([2H])c([2H])c([2H])c1n2-c1ccc2c(c1)N(c1c(-c3ccccc3)cc(C(C)(C)C)cc1-c1ccccc1)c1cc(-c3cccc4c3-c3ccccc3C4(c3ccccc3)c3ccccc3)cc3c1B2c1cc(-c2cc(C(C)(C)C)cc(C(C)(C)C)c2)ccc1N3c1cc(-c2ccccc2)cc(-c2ccccc2)c1. The molecule has 0 N–H and O–H groups in total. The highest BCUT2D eigenvalue weighted by atomic mass is 15.2. The second kappa shape index (κ2) is 26.6. The fraction of sp³-hybridized carbons (Fsp3) is 0.119. The third-order valence-electron chi connectivity index (χ3n) is 23.9. The Kier molecular flexibility index (Phi) is 14.3. The van der Waals surface area contributed by atoms with E-state index in [0.717, 1.165) is 151 Å². The summed E-state index contributed by atoms with van der Waals surface area (Å²) in [6.07, 6.45) is 0. The summed E-state index contributed by atoms with van der Waals surface area (Å²) in [5.41, 5.74) is 30.0. The molecule has 2 aliphatic heterocycles. The molecule has 17 aromatic rings. The molecule has 20 rings (SSSR count). The summed E-state index contributed by atoms with van der Waals surface area (Å²) >= 11 is 0. The minimum atomic E-state index is -0.754. The average molecular weight is 1460 g/mol. The lowest BCUT2D eigenvalue weighted by Gasteiger charge is -2.46. The van der Waals surface area contributed by atoms with Crippen LogP contribution in [0.3, 0.4) is 0 Å². The van der Waals surface area contributed by atoms with Crippen LogP contribution in [0, 0.1) is 0 Å². The molecule has 113 heavy (non-hydrogen) atoms. The Bertz CT molecular complexity index is 6840. The first-order chi connectivity index (χ1) is 58.3. The van der Waals surface area contributed by atoms with Crippen LogP contribution >= 0.6 is 0 Å². The smallest absolute Gasteiger partial charge is 0.252 e. The Morgan fingerprint density at radius 3 is 1.29 bits per heavy atom. The van der Waals surface area contributed by atoms with Crippen LogP contribution in [0.2, 0.25) is 0 Å². The van der Waals surface area contributed by atoms with Crippen molar-refractivity contribution in [2.75, 3.05) is 9.80 Å². The lowest BCUT2D eigenvalue weighted by Crippen LogP contribution is -2.61. The summed E-state index contributed by atoms with van der Waals surface area (Å²) in [7, 11) is 0. The molecule has 0 saturated carbocycles. The molecule has 3 nitrogen and oxygen atoms in total. The highest BCUT2D eigenvalue weighted by Crippen LogP contribution is 2.60. The van der Waals surface area contributed by atoms with Crippen LogP contribution in [0.15, 0.2) is 370 Å². The Morgan fingerprint density at radius 1 is 0.292 bits per heavy atom. The van der Waals surface area contributed by atoms with Gasteiger partial charge in [-0.1, -0.05) is 359 Å². The third kappa shape index (κ3) is 11.4. The minimum absolute atomic E-state index is 0.00366. The summed E-state index contributed by atoms with van der Waals surface area (Å²) in [6, 6.07) is 114. The molecule has 1 aromatic heterocycles. The molecule has 0 amide bonds. The lowest BCUT2D eigenvalue weighted by atomic mass is 9.33. The van der Waals surface area contributed by atoms with Gasteiger partial charge in [0.05, 0.1) is 33.1 Å². The fourth-order valence-electron chi connectivity index (χ4n) is 18.4. The van der Waals surface area contributed by atoms with Crippen LogP contribution in [0.1, 0.15) is 112 Å². The van der Waals surface area contributed by atoms with Crippen molar-refractivity contribution in [3.63, 3.8) is 0 Å². The summed E-state index contributed by atoms with van der Waals surface area (Å²) in [4.78, 5) is 5.04. The number of hydrogen-bond acceptors (Lipinski definition) is 2. The van der Waals surface area contributed by atoms with Crippen molar-refractivity contribution < 1.29 is 11.0 Å². The number of anilines is 6. The van der Waals surface area contributed by atoms with Crippen molar-refractivity contribution in [2.24, 2.45) is 0 Å². The maximum absolute atomic E-state index is 10.0. The topological polar surface area (TPSA) is 11.4 Å². The van der Waals surface area contributed by atoms with Crippen molar-refractivity contribution in [3.8, 4) is 83.6 Å². The maximum atomic E-state index is 10.0. The molecule has 0 radical (unpaired) electrons. The molecule has 3 aliphatic rings. The van der Waals surface area contributed by atoms with Crippen molar-refractivity contribution >= 4 is 79.0 Å². The molecule has 0 saturated heterocycles. The van der Waals surface area contributed by atoms with Gasteiger partial charge in [0, 0.05) is 56.0 Å². The van der Waals surface area contributed by atoms with Gasteiger partial charge in [-0.3, -0.25) is 0 Å². The monoisotopic (exact) mass is 1460 g/mol. The van der Waals surface area contributed by atoms with E-state index in [-0.39, 0.29) is 50.1 Å². The van der Waals surface area contributed by atoms with Gasteiger partial charge in [0.1, 0.15) is 0 Å². The Labute approximate surface area is 676 Å². The molecule has 542 valence electrons. The van der Waals surface area contributed by atoms with E-state index in [9.17, 15) is 11.0 Å². The van der Waals surface area contributed by atoms with Crippen molar-refractivity contribution in [3.05, 3.63) is 409 Å². The van der Waals surface area contributed by atoms with Gasteiger partial charge in [0.2, 0.25) is 0 Å². The van der Waals surface area contributed by atoms with Gasteiger partial charge < -0.3 is 14.4 Å². The second-order valence-corrected chi connectivity index (χ2v) is 33.8. The van der Waals surface area contributed by atoms with Crippen LogP contribution in [-0.2, 0) is 21.7 Å². The van der Waals surface area contributed by atoms with Gasteiger partial charge in [0.25, 0.3) is 6.71 Å². The average Bonchev–Trinajstić information content (AvgIpc) is 1.41. The zero-order valence-corrected chi connectivity index (χ0v) is 65.0. The molecule has 0 fully saturated rings. The molecule has 3 heterocycles. The highest BCUT2D eigenvalue weighted by Gasteiger charge is 2.49. The first kappa shape index (κ1) is 60.8. The van der Waals surface area contributed by atoms with E-state index in [1.165, 1.54) is 16.7 Å². The lowest BCUT2D eigenvalue weighted by molar-refractivity contribution is 0.569. The Balaban J connectivity index is 1.00. The van der Waals surface area contributed by atoms with Crippen LogP contribution in [0.4, 0.5) is 34.1 Å². The van der Waals surface area contributed by atoms with Gasteiger partial charge in [-0.15, -0.1) is 0 Å². The van der Waals surface area contributed by atoms with Gasteiger partial charge in [-0.2, -0.15) is 0 Å². The molecule has 0 bridgehead atoms. The van der Waals surface area contributed by atoms with E-state index < -0.39 is 48.4 Å². The van der Waals surface area contributed by atoms with Crippen LogP contribution in [-0.4, -0.2) is 11.3 Å². The fourth-order valence-corrected chi connectivity index (χ4v) is 18.4. The predicted octanol–water partition coefficient (Wildman–Crippen LogP) is 27.1. The summed E-state index contributed by atoms with van der Waals surface area (Å²) < 4.78 is 78.5. The maximum Gasteiger partial charge on any atom is 0.252 e. The van der Waals surface area contributed by atoms with E-state index in [1.54, 1.807) is 4.57 Å².